The Morgan fingerprint density at radius 1 is 1.43 bits per heavy atom. The molecule has 1 saturated heterocycles. The highest BCUT2D eigenvalue weighted by molar-refractivity contribution is 7.99. The van der Waals surface area contributed by atoms with Gasteiger partial charge in [0.25, 0.3) is 5.91 Å². The van der Waals surface area contributed by atoms with Crippen LogP contribution >= 0.6 is 11.8 Å². The average molecular weight is 310 g/mol. The van der Waals surface area contributed by atoms with Crippen LogP contribution in [0.15, 0.2) is 16.5 Å². The Morgan fingerprint density at radius 2 is 2.14 bits per heavy atom. The molecule has 1 aliphatic heterocycles. The van der Waals surface area contributed by atoms with Crippen LogP contribution in [0.25, 0.3) is 0 Å². The van der Waals surface area contributed by atoms with Crippen molar-refractivity contribution in [3.63, 3.8) is 0 Å². The number of furan rings is 1. The quantitative estimate of drug-likeness (QED) is 0.930. The second kappa shape index (κ2) is 6.13. The van der Waals surface area contributed by atoms with Crippen LogP contribution in [-0.2, 0) is 11.2 Å². The van der Waals surface area contributed by atoms with Crippen LogP contribution in [-0.4, -0.2) is 39.9 Å². The van der Waals surface area contributed by atoms with Crippen molar-refractivity contribution in [3.05, 3.63) is 23.7 Å². The van der Waals surface area contributed by atoms with E-state index >= 15 is 0 Å². The van der Waals surface area contributed by atoms with Gasteiger partial charge in [-0.15, -0.1) is 11.8 Å². The fourth-order valence-electron chi connectivity index (χ4n) is 2.14. The molecule has 1 aromatic heterocycles. The molecule has 2 amide bonds. The normalized spacial score (nSPS) is 18.9. The highest BCUT2D eigenvalue weighted by Crippen LogP contribution is 2.24. The largest absolute Gasteiger partial charge is 0.456 e. The molecule has 1 aliphatic rings. The zero-order chi connectivity index (χ0) is 15.6. The Morgan fingerprint density at radius 3 is 2.71 bits per heavy atom. The van der Waals surface area contributed by atoms with Gasteiger partial charge in [-0.2, -0.15) is 0 Å². The molecule has 0 bridgehead atoms. The molecule has 0 spiro atoms. The standard InChI is InChI=1S/C15H22N2O3S/c1-5-10-6-7-12(20-10)14(19)17-9-21-8-11(17)13(18)16-15(2,3)4/h6-7,11H,5,8-9H2,1-4H3,(H,16,18)/t11-/m1/s1. The van der Waals surface area contributed by atoms with Crippen molar-refractivity contribution >= 4 is 23.6 Å². The Kier molecular flexibility index (Phi) is 4.66. The summed E-state index contributed by atoms with van der Waals surface area (Å²) < 4.78 is 5.50. The van der Waals surface area contributed by atoms with Crippen LogP contribution in [0.3, 0.4) is 0 Å². The second-order valence-electron chi connectivity index (χ2n) is 6.15. The smallest absolute Gasteiger partial charge is 0.290 e. The maximum atomic E-state index is 12.5. The maximum absolute atomic E-state index is 12.5. The van der Waals surface area contributed by atoms with E-state index < -0.39 is 6.04 Å². The Balaban J connectivity index is 2.11. The molecule has 5 nitrogen and oxygen atoms in total. The van der Waals surface area contributed by atoms with Gasteiger partial charge in [0.15, 0.2) is 5.76 Å². The van der Waals surface area contributed by atoms with Crippen LogP contribution < -0.4 is 5.32 Å². The van der Waals surface area contributed by atoms with Gasteiger partial charge in [0.05, 0.1) is 5.88 Å². The van der Waals surface area contributed by atoms with Crippen molar-refractivity contribution in [2.24, 2.45) is 0 Å². The number of hydrogen-bond donors (Lipinski definition) is 1. The monoisotopic (exact) mass is 310 g/mol. The van der Waals surface area contributed by atoms with E-state index in [1.807, 2.05) is 27.7 Å². The lowest BCUT2D eigenvalue weighted by Gasteiger charge is -2.27. The van der Waals surface area contributed by atoms with Crippen molar-refractivity contribution in [3.8, 4) is 0 Å². The fraction of sp³-hybridized carbons (Fsp3) is 0.600. The summed E-state index contributed by atoms with van der Waals surface area (Å²) in [6, 6.07) is 3.06. The first-order chi connectivity index (χ1) is 9.81. The SMILES string of the molecule is CCc1ccc(C(=O)N2CSC[C@@H]2C(=O)NC(C)(C)C)o1. The second-order valence-corrected chi connectivity index (χ2v) is 7.15. The van der Waals surface area contributed by atoms with E-state index in [1.54, 1.807) is 28.8 Å². The van der Waals surface area contributed by atoms with Crippen LogP contribution in [0.5, 0.6) is 0 Å². The topological polar surface area (TPSA) is 62.6 Å². The number of amides is 2. The first-order valence-corrected chi connectivity index (χ1v) is 8.26. The molecule has 0 aromatic carbocycles. The summed E-state index contributed by atoms with van der Waals surface area (Å²) in [6.07, 6.45) is 0.746. The number of carbonyl (C=O) groups excluding carboxylic acids is 2. The van der Waals surface area contributed by atoms with Crippen LogP contribution in [0.4, 0.5) is 0 Å². The predicted octanol–water partition coefficient (Wildman–Crippen LogP) is 2.27. The van der Waals surface area contributed by atoms with E-state index in [9.17, 15) is 9.59 Å². The van der Waals surface area contributed by atoms with Crippen molar-refractivity contribution in [1.29, 1.82) is 0 Å². The molecule has 21 heavy (non-hydrogen) atoms. The Bertz CT molecular complexity index is 533. The number of nitrogens with zero attached hydrogens (tertiary/aromatic N) is 1. The highest BCUT2D eigenvalue weighted by atomic mass is 32.2. The van der Waals surface area contributed by atoms with Gasteiger partial charge in [-0.1, -0.05) is 6.92 Å². The molecule has 0 unspecified atom stereocenters. The van der Waals surface area contributed by atoms with E-state index in [0.29, 0.717) is 17.4 Å². The van der Waals surface area contributed by atoms with E-state index in [0.717, 1.165) is 12.2 Å². The van der Waals surface area contributed by atoms with Gasteiger partial charge in [0, 0.05) is 17.7 Å². The zero-order valence-electron chi connectivity index (χ0n) is 12.9. The Labute approximate surface area is 129 Å². The number of rotatable bonds is 3. The number of thioether (sulfide) groups is 1. The predicted molar refractivity (Wildman–Crippen MR) is 83.3 cm³/mol. The van der Waals surface area contributed by atoms with Gasteiger partial charge in [-0.05, 0) is 32.9 Å². The maximum Gasteiger partial charge on any atom is 0.290 e. The zero-order valence-corrected chi connectivity index (χ0v) is 13.8. The lowest BCUT2D eigenvalue weighted by molar-refractivity contribution is -0.125. The molecular formula is C15H22N2O3S. The summed E-state index contributed by atoms with van der Waals surface area (Å²) in [6.45, 7) is 7.76. The molecule has 116 valence electrons. The number of hydrogen-bond acceptors (Lipinski definition) is 4. The summed E-state index contributed by atoms with van der Waals surface area (Å²) in [5.41, 5.74) is -0.306. The molecule has 2 rings (SSSR count). The first kappa shape index (κ1) is 15.9. The molecule has 6 heteroatoms. The fourth-order valence-corrected chi connectivity index (χ4v) is 3.29. The van der Waals surface area contributed by atoms with E-state index in [1.165, 1.54) is 0 Å². The summed E-state index contributed by atoms with van der Waals surface area (Å²) in [5, 5.41) is 2.94. The summed E-state index contributed by atoms with van der Waals surface area (Å²) in [5.74, 6) is 1.90. The number of nitrogens with one attached hydrogen (secondary N) is 1. The lowest BCUT2D eigenvalue weighted by atomic mass is 10.1. The lowest BCUT2D eigenvalue weighted by Crippen LogP contribution is -2.52. The molecular weight excluding hydrogens is 288 g/mol. The number of carbonyl (C=O) groups is 2. The summed E-state index contributed by atoms with van der Waals surface area (Å²) in [7, 11) is 0. The van der Waals surface area contributed by atoms with Gasteiger partial charge < -0.3 is 14.6 Å². The van der Waals surface area contributed by atoms with Gasteiger partial charge in [-0.3, -0.25) is 9.59 Å². The highest BCUT2D eigenvalue weighted by Gasteiger charge is 2.37. The minimum Gasteiger partial charge on any atom is -0.456 e. The van der Waals surface area contributed by atoms with Gasteiger partial charge in [0.2, 0.25) is 5.91 Å². The van der Waals surface area contributed by atoms with Crippen molar-refractivity contribution in [2.75, 3.05) is 11.6 Å². The van der Waals surface area contributed by atoms with Crippen molar-refractivity contribution in [1.82, 2.24) is 10.2 Å². The van der Waals surface area contributed by atoms with Crippen LogP contribution in [0.1, 0.15) is 44.0 Å². The molecule has 1 fully saturated rings. The van der Waals surface area contributed by atoms with E-state index in [2.05, 4.69) is 5.32 Å². The minimum absolute atomic E-state index is 0.108. The third-order valence-electron chi connectivity index (χ3n) is 3.16. The number of aryl methyl sites for hydroxylation is 1. The third-order valence-corrected chi connectivity index (χ3v) is 4.18. The Hall–Kier alpha value is -1.43. The average Bonchev–Trinajstić information content (AvgIpc) is 3.05. The van der Waals surface area contributed by atoms with Gasteiger partial charge in [0.1, 0.15) is 11.8 Å². The van der Waals surface area contributed by atoms with Crippen LogP contribution in [0, 0.1) is 0 Å². The van der Waals surface area contributed by atoms with Crippen LogP contribution in [0.2, 0.25) is 0 Å². The summed E-state index contributed by atoms with van der Waals surface area (Å²) >= 11 is 1.58. The molecule has 1 aromatic rings. The minimum atomic E-state index is -0.433. The van der Waals surface area contributed by atoms with E-state index in [4.69, 9.17) is 4.42 Å². The molecule has 0 saturated carbocycles. The molecule has 1 N–H and O–H groups in total. The third kappa shape index (κ3) is 3.81. The first-order valence-electron chi connectivity index (χ1n) is 7.11. The summed E-state index contributed by atoms with van der Waals surface area (Å²) in [4.78, 5) is 26.4. The molecule has 1 atom stereocenters. The van der Waals surface area contributed by atoms with Crippen molar-refractivity contribution < 1.29 is 14.0 Å². The van der Waals surface area contributed by atoms with Gasteiger partial charge in [-0.25, -0.2) is 0 Å². The van der Waals surface area contributed by atoms with Crippen molar-refractivity contribution in [2.45, 2.75) is 45.7 Å². The molecule has 2 heterocycles. The molecule has 0 radical (unpaired) electrons. The van der Waals surface area contributed by atoms with E-state index in [-0.39, 0.29) is 17.4 Å². The molecule has 0 aliphatic carbocycles. The van der Waals surface area contributed by atoms with Gasteiger partial charge >= 0.3 is 0 Å².